The quantitative estimate of drug-likeness (QED) is 0.529. The molecule has 1 heterocycles. The number of rotatable bonds is 7. The van der Waals surface area contributed by atoms with Gasteiger partial charge >= 0.3 is 12.1 Å². The van der Waals surface area contributed by atoms with E-state index in [-0.39, 0.29) is 18.9 Å². The Hall–Kier alpha value is -4.20. The second kappa shape index (κ2) is 9.30. The van der Waals surface area contributed by atoms with E-state index in [0.717, 1.165) is 22.3 Å². The minimum Gasteiger partial charge on any atom is -0.480 e. The van der Waals surface area contributed by atoms with Gasteiger partial charge in [-0.3, -0.25) is 19.9 Å². The number of nitrogens with one attached hydrogen (secondary N) is 2. The SMILES string of the molecule is O=C(O)CNC(=O)Cc1ccc(NC(=O)OCC2c3ccccc3-c3ccccc32)cn1. The Kier molecular flexibility index (Phi) is 6.12. The highest BCUT2D eigenvalue weighted by molar-refractivity contribution is 5.85. The molecule has 8 nitrogen and oxygen atoms in total. The Labute approximate surface area is 184 Å². The second-order valence-electron chi connectivity index (χ2n) is 7.34. The third-order valence-electron chi connectivity index (χ3n) is 5.19. The normalized spacial score (nSPS) is 11.9. The van der Waals surface area contributed by atoms with Crippen LogP contribution in [0.1, 0.15) is 22.7 Å². The number of anilines is 1. The molecule has 32 heavy (non-hydrogen) atoms. The first-order chi connectivity index (χ1) is 15.5. The van der Waals surface area contributed by atoms with Crippen molar-refractivity contribution in [3.63, 3.8) is 0 Å². The van der Waals surface area contributed by atoms with Gasteiger partial charge in [0.25, 0.3) is 0 Å². The average molecular weight is 431 g/mol. The molecule has 0 spiro atoms. The van der Waals surface area contributed by atoms with Crippen molar-refractivity contribution < 1.29 is 24.2 Å². The number of fused-ring (bicyclic) bond motifs is 3. The second-order valence-corrected chi connectivity index (χ2v) is 7.34. The van der Waals surface area contributed by atoms with Gasteiger partial charge in [-0.15, -0.1) is 0 Å². The lowest BCUT2D eigenvalue weighted by Crippen LogP contribution is -2.30. The summed E-state index contributed by atoms with van der Waals surface area (Å²) in [6.45, 7) is -0.241. The number of carbonyl (C=O) groups excluding carboxylic acids is 2. The molecular weight excluding hydrogens is 410 g/mol. The fraction of sp³-hybridized carbons (Fsp3) is 0.167. The maximum absolute atomic E-state index is 12.3. The largest absolute Gasteiger partial charge is 0.480 e. The monoisotopic (exact) mass is 431 g/mol. The van der Waals surface area contributed by atoms with Crippen molar-refractivity contribution in [3.05, 3.63) is 83.7 Å². The van der Waals surface area contributed by atoms with Crippen molar-refractivity contribution in [2.75, 3.05) is 18.5 Å². The zero-order valence-corrected chi connectivity index (χ0v) is 17.1. The zero-order valence-electron chi connectivity index (χ0n) is 17.1. The predicted octanol–water partition coefficient (Wildman–Crippen LogP) is 3.19. The molecule has 2 amide bonds. The van der Waals surface area contributed by atoms with Gasteiger partial charge in [-0.05, 0) is 34.4 Å². The number of aliphatic carboxylic acids is 1. The minimum absolute atomic E-state index is 0.0297. The van der Waals surface area contributed by atoms with Crippen molar-refractivity contribution in [3.8, 4) is 11.1 Å². The summed E-state index contributed by atoms with van der Waals surface area (Å²) in [5.74, 6) is -1.59. The van der Waals surface area contributed by atoms with Crippen molar-refractivity contribution in [2.45, 2.75) is 12.3 Å². The molecule has 1 aromatic heterocycles. The van der Waals surface area contributed by atoms with Crippen LogP contribution in [0.2, 0.25) is 0 Å². The number of ether oxygens (including phenoxy) is 1. The smallest absolute Gasteiger partial charge is 0.411 e. The van der Waals surface area contributed by atoms with E-state index in [1.807, 2.05) is 24.3 Å². The number of hydrogen-bond donors (Lipinski definition) is 3. The third-order valence-corrected chi connectivity index (χ3v) is 5.19. The summed E-state index contributed by atoms with van der Waals surface area (Å²) in [5.41, 5.74) is 5.46. The van der Waals surface area contributed by atoms with Crippen molar-refractivity contribution >= 4 is 23.7 Å². The fourth-order valence-corrected chi connectivity index (χ4v) is 3.76. The number of carbonyl (C=O) groups is 3. The average Bonchev–Trinajstić information content (AvgIpc) is 3.11. The highest BCUT2D eigenvalue weighted by Crippen LogP contribution is 2.44. The molecule has 2 aromatic carbocycles. The number of amides is 2. The minimum atomic E-state index is -1.12. The third kappa shape index (κ3) is 4.75. The maximum Gasteiger partial charge on any atom is 0.411 e. The predicted molar refractivity (Wildman–Crippen MR) is 117 cm³/mol. The van der Waals surface area contributed by atoms with Crippen LogP contribution in [0.15, 0.2) is 66.9 Å². The van der Waals surface area contributed by atoms with Gasteiger partial charge in [-0.2, -0.15) is 0 Å². The van der Waals surface area contributed by atoms with E-state index in [4.69, 9.17) is 9.84 Å². The molecule has 1 aliphatic rings. The first-order valence-electron chi connectivity index (χ1n) is 10.1. The van der Waals surface area contributed by atoms with Gasteiger partial charge < -0.3 is 15.2 Å². The van der Waals surface area contributed by atoms with E-state index < -0.39 is 24.5 Å². The van der Waals surface area contributed by atoms with E-state index >= 15 is 0 Å². The fourth-order valence-electron chi connectivity index (χ4n) is 3.76. The highest BCUT2D eigenvalue weighted by Gasteiger charge is 2.29. The van der Waals surface area contributed by atoms with Crippen LogP contribution in [-0.2, 0) is 20.7 Å². The number of aromatic nitrogens is 1. The molecule has 0 aliphatic heterocycles. The number of hydrogen-bond acceptors (Lipinski definition) is 5. The molecule has 1 aliphatic carbocycles. The van der Waals surface area contributed by atoms with E-state index in [1.54, 1.807) is 12.1 Å². The highest BCUT2D eigenvalue weighted by atomic mass is 16.5. The molecular formula is C24H21N3O5. The molecule has 0 atom stereocenters. The first-order valence-corrected chi connectivity index (χ1v) is 10.1. The van der Waals surface area contributed by atoms with Crippen molar-refractivity contribution in [1.29, 1.82) is 0 Å². The summed E-state index contributed by atoms with van der Waals surface area (Å²) in [6.07, 6.45) is 0.764. The van der Waals surface area contributed by atoms with Crippen molar-refractivity contribution in [1.82, 2.24) is 10.3 Å². The number of pyridine rings is 1. The molecule has 0 unspecified atom stereocenters. The van der Waals surface area contributed by atoms with Gasteiger partial charge in [0.2, 0.25) is 5.91 Å². The van der Waals surface area contributed by atoms with E-state index in [1.165, 1.54) is 6.20 Å². The van der Waals surface area contributed by atoms with Gasteiger partial charge in [-0.1, -0.05) is 48.5 Å². The van der Waals surface area contributed by atoms with Crippen LogP contribution in [-0.4, -0.2) is 41.2 Å². The molecule has 8 heteroatoms. The number of nitrogens with zero attached hydrogens (tertiary/aromatic N) is 1. The lowest BCUT2D eigenvalue weighted by molar-refractivity contribution is -0.137. The lowest BCUT2D eigenvalue weighted by Gasteiger charge is -2.14. The molecule has 0 saturated heterocycles. The Balaban J connectivity index is 1.33. The summed E-state index contributed by atoms with van der Waals surface area (Å²) in [4.78, 5) is 38.6. The van der Waals surface area contributed by atoms with Crippen LogP contribution >= 0.6 is 0 Å². The first kappa shape index (κ1) is 21.0. The summed E-state index contributed by atoms with van der Waals surface area (Å²) < 4.78 is 5.50. The van der Waals surface area contributed by atoms with Gasteiger partial charge in [0.05, 0.1) is 18.3 Å². The topological polar surface area (TPSA) is 118 Å². The summed E-state index contributed by atoms with van der Waals surface area (Å²) in [6, 6.07) is 19.4. The molecule has 3 aromatic rings. The van der Waals surface area contributed by atoms with E-state index in [9.17, 15) is 14.4 Å². The molecule has 0 radical (unpaired) electrons. The summed E-state index contributed by atoms with van der Waals surface area (Å²) >= 11 is 0. The van der Waals surface area contributed by atoms with Crippen LogP contribution in [0.25, 0.3) is 11.1 Å². The van der Waals surface area contributed by atoms with E-state index in [0.29, 0.717) is 11.4 Å². The summed E-state index contributed by atoms with van der Waals surface area (Å²) in [7, 11) is 0. The molecule has 0 saturated carbocycles. The van der Waals surface area contributed by atoms with Gasteiger partial charge in [0.15, 0.2) is 0 Å². The Morgan fingerprint density at radius 2 is 1.59 bits per heavy atom. The molecule has 4 rings (SSSR count). The molecule has 3 N–H and O–H groups in total. The van der Waals surface area contributed by atoms with Crippen LogP contribution in [0.5, 0.6) is 0 Å². The molecule has 0 bridgehead atoms. The number of carboxylic acids is 1. The Morgan fingerprint density at radius 1 is 0.938 bits per heavy atom. The van der Waals surface area contributed by atoms with Gasteiger partial charge in [0.1, 0.15) is 13.2 Å². The van der Waals surface area contributed by atoms with Gasteiger partial charge in [0, 0.05) is 11.6 Å². The van der Waals surface area contributed by atoms with Crippen LogP contribution < -0.4 is 10.6 Å². The standard InChI is InChI=1S/C24H21N3O5/c28-22(26-13-23(29)30)11-15-9-10-16(12-25-15)27-24(31)32-14-21-19-7-3-1-5-17(19)18-6-2-4-8-20(18)21/h1-10,12,21H,11,13-14H2,(H,26,28)(H,27,31)(H,29,30). The Bertz CT molecular complexity index is 1110. The maximum atomic E-state index is 12.3. The zero-order chi connectivity index (χ0) is 22.5. The van der Waals surface area contributed by atoms with Gasteiger partial charge in [-0.25, -0.2) is 4.79 Å². The Morgan fingerprint density at radius 3 is 2.19 bits per heavy atom. The lowest BCUT2D eigenvalue weighted by atomic mass is 9.98. The molecule has 162 valence electrons. The molecule has 0 fully saturated rings. The summed E-state index contributed by atoms with van der Waals surface area (Å²) in [5, 5.41) is 13.5. The van der Waals surface area contributed by atoms with Crippen molar-refractivity contribution in [2.24, 2.45) is 0 Å². The number of carboxylic acid groups (broad SMARTS) is 1. The van der Waals surface area contributed by atoms with E-state index in [2.05, 4.69) is 39.9 Å². The number of benzene rings is 2. The van der Waals surface area contributed by atoms with Crippen LogP contribution in [0, 0.1) is 0 Å². The van der Waals surface area contributed by atoms with Crippen LogP contribution in [0.4, 0.5) is 10.5 Å². The van der Waals surface area contributed by atoms with Crippen LogP contribution in [0.3, 0.4) is 0 Å².